The molecule has 1 aromatic heterocycles. The van der Waals surface area contributed by atoms with E-state index < -0.39 is 0 Å². The van der Waals surface area contributed by atoms with Crippen LogP contribution in [0.2, 0.25) is 0 Å². The van der Waals surface area contributed by atoms with Crippen LogP contribution in [-0.4, -0.2) is 42.1 Å². The minimum atomic E-state index is 0.904. The highest BCUT2D eigenvalue weighted by atomic mass is 15.3. The highest BCUT2D eigenvalue weighted by Crippen LogP contribution is 2.46. The first-order chi connectivity index (χ1) is 9.79. The Balaban J connectivity index is 1.38. The molecule has 0 amide bonds. The fourth-order valence-corrected chi connectivity index (χ4v) is 4.65. The largest absolute Gasteiger partial charge is 0.354 e. The van der Waals surface area contributed by atoms with E-state index in [4.69, 9.17) is 0 Å². The topological polar surface area (TPSA) is 19.4 Å². The second-order valence-electron chi connectivity index (χ2n) is 6.90. The molecule has 0 aromatic carbocycles. The second-order valence-corrected chi connectivity index (χ2v) is 6.90. The number of nitrogens with zero attached hydrogens (tertiary/aromatic N) is 3. The Kier molecular flexibility index (Phi) is 3.18. The van der Waals surface area contributed by atoms with Gasteiger partial charge in [0.05, 0.1) is 0 Å². The van der Waals surface area contributed by atoms with E-state index >= 15 is 0 Å². The minimum absolute atomic E-state index is 0.904. The summed E-state index contributed by atoms with van der Waals surface area (Å²) in [5, 5.41) is 0. The van der Waals surface area contributed by atoms with E-state index in [2.05, 4.69) is 39.9 Å². The predicted molar refractivity (Wildman–Crippen MR) is 82.0 cm³/mol. The molecule has 3 fully saturated rings. The quantitative estimate of drug-likeness (QED) is 0.824. The first-order valence-corrected chi connectivity index (χ1v) is 8.22. The minimum Gasteiger partial charge on any atom is -0.354 e. The summed E-state index contributed by atoms with van der Waals surface area (Å²) in [6, 6.07) is 7.26. The van der Waals surface area contributed by atoms with Crippen LogP contribution >= 0.6 is 0 Å². The normalized spacial score (nSPS) is 33.9. The number of fused-ring (bicyclic) bond motifs is 2. The molecule has 2 heterocycles. The molecular weight excluding hydrogens is 246 g/mol. The summed E-state index contributed by atoms with van der Waals surface area (Å²) in [4.78, 5) is 9.89. The first-order valence-electron chi connectivity index (χ1n) is 8.22. The van der Waals surface area contributed by atoms with Crippen molar-refractivity contribution >= 4 is 5.82 Å². The lowest BCUT2D eigenvalue weighted by Gasteiger charge is -2.41. The Morgan fingerprint density at radius 3 is 2.55 bits per heavy atom. The maximum Gasteiger partial charge on any atom is 0.128 e. The number of aromatic nitrogens is 1. The van der Waals surface area contributed by atoms with Crippen molar-refractivity contribution < 1.29 is 0 Å². The fraction of sp³-hybridized carbons (Fsp3) is 0.706. The SMILES string of the molecule is Cc1cccc(N2CCN([C@@H]3C[C@H]4CC[C@H]3C4)CC2)n1. The highest BCUT2D eigenvalue weighted by molar-refractivity contribution is 5.39. The molecule has 1 aromatic rings. The molecule has 3 atom stereocenters. The Bertz CT molecular complexity index is 479. The number of anilines is 1. The van der Waals surface area contributed by atoms with Gasteiger partial charge in [0.1, 0.15) is 5.82 Å². The maximum absolute atomic E-state index is 4.66. The summed E-state index contributed by atoms with van der Waals surface area (Å²) >= 11 is 0. The van der Waals surface area contributed by atoms with E-state index in [0.717, 1.165) is 42.5 Å². The lowest BCUT2D eigenvalue weighted by molar-refractivity contribution is 0.134. The van der Waals surface area contributed by atoms with Crippen LogP contribution < -0.4 is 4.90 Å². The van der Waals surface area contributed by atoms with E-state index in [0.29, 0.717) is 0 Å². The Morgan fingerprint density at radius 2 is 1.90 bits per heavy atom. The molecule has 2 aliphatic carbocycles. The Labute approximate surface area is 122 Å². The van der Waals surface area contributed by atoms with Crippen LogP contribution in [0.15, 0.2) is 18.2 Å². The van der Waals surface area contributed by atoms with Crippen molar-refractivity contribution in [1.29, 1.82) is 0 Å². The number of rotatable bonds is 2. The number of aryl methyl sites for hydroxylation is 1. The highest BCUT2D eigenvalue weighted by Gasteiger charge is 2.42. The van der Waals surface area contributed by atoms with Gasteiger partial charge in [0, 0.05) is 37.9 Å². The molecular formula is C17H25N3. The van der Waals surface area contributed by atoms with Gasteiger partial charge >= 0.3 is 0 Å². The van der Waals surface area contributed by atoms with Gasteiger partial charge in [-0.1, -0.05) is 12.5 Å². The maximum atomic E-state index is 4.66. The molecule has 3 aliphatic rings. The van der Waals surface area contributed by atoms with Gasteiger partial charge < -0.3 is 4.90 Å². The first kappa shape index (κ1) is 12.6. The van der Waals surface area contributed by atoms with Gasteiger partial charge in [0.25, 0.3) is 0 Å². The number of piperazine rings is 1. The van der Waals surface area contributed by atoms with Crippen LogP contribution in [0.25, 0.3) is 0 Å². The Hall–Kier alpha value is -1.09. The number of hydrogen-bond donors (Lipinski definition) is 0. The third kappa shape index (κ3) is 2.22. The second kappa shape index (κ2) is 5.03. The molecule has 20 heavy (non-hydrogen) atoms. The molecule has 2 saturated carbocycles. The van der Waals surface area contributed by atoms with Crippen molar-refractivity contribution in [2.75, 3.05) is 31.1 Å². The van der Waals surface area contributed by atoms with Crippen LogP contribution in [0, 0.1) is 18.8 Å². The lowest BCUT2D eigenvalue weighted by Crippen LogP contribution is -2.52. The van der Waals surface area contributed by atoms with Crippen molar-refractivity contribution in [2.45, 2.75) is 38.6 Å². The summed E-state index contributed by atoms with van der Waals surface area (Å²) in [6.45, 7) is 6.82. The van der Waals surface area contributed by atoms with Gasteiger partial charge in [-0.3, -0.25) is 4.90 Å². The van der Waals surface area contributed by atoms with Crippen molar-refractivity contribution in [3.8, 4) is 0 Å². The molecule has 0 spiro atoms. The number of pyridine rings is 1. The predicted octanol–water partition coefficient (Wildman–Crippen LogP) is 2.70. The standard InChI is InChI=1S/C17H25N3/c1-13-3-2-4-17(18-13)20-9-7-19(8-10-20)16-12-14-5-6-15(16)11-14/h2-4,14-16H,5-12H2,1H3/t14-,15-,16+/m0/s1. The van der Waals surface area contributed by atoms with Gasteiger partial charge in [-0.05, 0) is 50.2 Å². The smallest absolute Gasteiger partial charge is 0.128 e. The monoisotopic (exact) mass is 271 g/mol. The molecule has 1 aliphatic heterocycles. The van der Waals surface area contributed by atoms with E-state index in [-0.39, 0.29) is 0 Å². The molecule has 4 rings (SSSR count). The molecule has 0 unspecified atom stereocenters. The molecule has 0 N–H and O–H groups in total. The molecule has 108 valence electrons. The molecule has 1 saturated heterocycles. The van der Waals surface area contributed by atoms with E-state index in [1.807, 2.05) is 0 Å². The average molecular weight is 271 g/mol. The van der Waals surface area contributed by atoms with Crippen molar-refractivity contribution in [3.63, 3.8) is 0 Å². The lowest BCUT2D eigenvalue weighted by atomic mass is 9.93. The number of hydrogen-bond acceptors (Lipinski definition) is 3. The van der Waals surface area contributed by atoms with Gasteiger partial charge in [-0.2, -0.15) is 0 Å². The molecule has 3 heteroatoms. The Morgan fingerprint density at radius 1 is 1.05 bits per heavy atom. The van der Waals surface area contributed by atoms with Crippen LogP contribution in [0.3, 0.4) is 0 Å². The summed E-state index contributed by atoms with van der Waals surface area (Å²) in [7, 11) is 0. The van der Waals surface area contributed by atoms with E-state index in [9.17, 15) is 0 Å². The van der Waals surface area contributed by atoms with Crippen molar-refractivity contribution in [2.24, 2.45) is 11.8 Å². The van der Waals surface area contributed by atoms with E-state index in [1.54, 1.807) is 0 Å². The van der Waals surface area contributed by atoms with E-state index in [1.165, 1.54) is 38.8 Å². The van der Waals surface area contributed by atoms with Crippen LogP contribution in [0.4, 0.5) is 5.82 Å². The third-order valence-corrected chi connectivity index (χ3v) is 5.68. The molecule has 3 nitrogen and oxygen atoms in total. The van der Waals surface area contributed by atoms with Crippen LogP contribution in [0.5, 0.6) is 0 Å². The fourth-order valence-electron chi connectivity index (χ4n) is 4.65. The van der Waals surface area contributed by atoms with Crippen LogP contribution in [-0.2, 0) is 0 Å². The average Bonchev–Trinajstić information content (AvgIpc) is 3.10. The summed E-state index contributed by atoms with van der Waals surface area (Å²) in [5.41, 5.74) is 1.12. The molecule has 2 bridgehead atoms. The zero-order chi connectivity index (χ0) is 13.5. The summed E-state index contributed by atoms with van der Waals surface area (Å²) in [6.07, 6.45) is 6.00. The van der Waals surface area contributed by atoms with Crippen LogP contribution in [0.1, 0.15) is 31.4 Å². The summed E-state index contributed by atoms with van der Waals surface area (Å²) < 4.78 is 0. The molecule has 0 radical (unpaired) electrons. The van der Waals surface area contributed by atoms with Gasteiger partial charge in [-0.15, -0.1) is 0 Å². The van der Waals surface area contributed by atoms with Gasteiger partial charge in [0.2, 0.25) is 0 Å². The van der Waals surface area contributed by atoms with Crippen molar-refractivity contribution in [3.05, 3.63) is 23.9 Å². The zero-order valence-electron chi connectivity index (χ0n) is 12.5. The van der Waals surface area contributed by atoms with Gasteiger partial charge in [-0.25, -0.2) is 4.98 Å². The summed E-state index contributed by atoms with van der Waals surface area (Å²) in [5.74, 6) is 3.24. The van der Waals surface area contributed by atoms with Crippen molar-refractivity contribution in [1.82, 2.24) is 9.88 Å². The zero-order valence-corrected chi connectivity index (χ0v) is 12.5. The van der Waals surface area contributed by atoms with Gasteiger partial charge in [0.15, 0.2) is 0 Å². The third-order valence-electron chi connectivity index (χ3n) is 5.68.